The quantitative estimate of drug-likeness (QED) is 0.620. The first-order chi connectivity index (χ1) is 7.22. The van der Waals surface area contributed by atoms with Gasteiger partial charge in [0.1, 0.15) is 0 Å². The van der Waals surface area contributed by atoms with E-state index >= 15 is 0 Å². The normalized spacial score (nSPS) is 10.5. The summed E-state index contributed by atoms with van der Waals surface area (Å²) in [7, 11) is 0. The first-order valence-corrected chi connectivity index (χ1v) is 5.59. The summed E-state index contributed by atoms with van der Waals surface area (Å²) in [5.41, 5.74) is 1.16. The summed E-state index contributed by atoms with van der Waals surface area (Å²) in [6.07, 6.45) is 4.00. The van der Waals surface area contributed by atoms with E-state index in [0.717, 1.165) is 16.5 Å². The maximum atomic E-state index is 11.0. The number of ether oxygens (including phenoxy) is 1. The topological polar surface area (TPSA) is 26.3 Å². The van der Waals surface area contributed by atoms with E-state index in [1.165, 1.54) is 6.08 Å². The van der Waals surface area contributed by atoms with Crippen LogP contribution in [-0.2, 0) is 16.0 Å². The van der Waals surface area contributed by atoms with Crippen LogP contribution >= 0.6 is 15.9 Å². The molecule has 3 heteroatoms. The summed E-state index contributed by atoms with van der Waals surface area (Å²) < 4.78 is 5.81. The smallest absolute Gasteiger partial charge is 0.330 e. The van der Waals surface area contributed by atoms with Crippen molar-refractivity contribution in [2.24, 2.45) is 0 Å². The van der Waals surface area contributed by atoms with Crippen molar-refractivity contribution in [3.63, 3.8) is 0 Å². The minimum atomic E-state index is -0.285. The molecule has 0 aromatic heterocycles. The van der Waals surface area contributed by atoms with Gasteiger partial charge in [-0.1, -0.05) is 34.1 Å². The zero-order chi connectivity index (χ0) is 11.1. The second kappa shape index (κ2) is 6.40. The van der Waals surface area contributed by atoms with Gasteiger partial charge in [-0.15, -0.1) is 0 Å². The summed E-state index contributed by atoms with van der Waals surface area (Å²) in [5, 5.41) is 0. The number of rotatable bonds is 4. The Morgan fingerprint density at radius 1 is 1.53 bits per heavy atom. The molecular formula is C12H13BrO2. The van der Waals surface area contributed by atoms with Crippen molar-refractivity contribution in [1.29, 1.82) is 0 Å². The van der Waals surface area contributed by atoms with E-state index in [4.69, 9.17) is 4.74 Å². The largest absolute Gasteiger partial charge is 0.463 e. The van der Waals surface area contributed by atoms with E-state index in [0.29, 0.717) is 6.61 Å². The third-order valence-electron chi connectivity index (χ3n) is 1.78. The summed E-state index contributed by atoms with van der Waals surface area (Å²) in [6.45, 7) is 2.21. The standard InChI is InChI=1S/C12H13BrO2/c1-2-15-12(14)8-4-6-10-5-3-7-11(13)9-10/h3-5,7-9H,2,6H2,1H3/b8-4-. The number of hydrogen-bond acceptors (Lipinski definition) is 2. The number of halogens is 1. The molecule has 15 heavy (non-hydrogen) atoms. The Balaban J connectivity index is 2.46. The lowest BCUT2D eigenvalue weighted by molar-refractivity contribution is -0.137. The molecule has 2 nitrogen and oxygen atoms in total. The third-order valence-corrected chi connectivity index (χ3v) is 2.28. The molecule has 0 N–H and O–H groups in total. The highest BCUT2D eigenvalue weighted by Crippen LogP contribution is 2.12. The van der Waals surface area contributed by atoms with E-state index in [9.17, 15) is 4.79 Å². The molecule has 1 rings (SSSR count). The highest BCUT2D eigenvalue weighted by atomic mass is 79.9. The lowest BCUT2D eigenvalue weighted by atomic mass is 10.1. The SMILES string of the molecule is CCOC(=O)/C=C\Cc1cccc(Br)c1. The van der Waals surface area contributed by atoms with Crippen molar-refractivity contribution >= 4 is 21.9 Å². The average Bonchev–Trinajstić information content (AvgIpc) is 2.18. The number of benzene rings is 1. The Morgan fingerprint density at radius 3 is 3.00 bits per heavy atom. The van der Waals surface area contributed by atoms with Crippen molar-refractivity contribution in [3.8, 4) is 0 Å². The van der Waals surface area contributed by atoms with Gasteiger partial charge in [0.15, 0.2) is 0 Å². The van der Waals surface area contributed by atoms with Crippen LogP contribution in [0.3, 0.4) is 0 Å². The fraction of sp³-hybridized carbons (Fsp3) is 0.250. The van der Waals surface area contributed by atoms with Crippen LogP contribution in [0.15, 0.2) is 40.9 Å². The Bertz CT molecular complexity index is 358. The molecule has 0 saturated carbocycles. The molecule has 0 unspecified atom stereocenters. The molecule has 0 heterocycles. The first-order valence-electron chi connectivity index (χ1n) is 4.80. The zero-order valence-corrected chi connectivity index (χ0v) is 10.2. The summed E-state index contributed by atoms with van der Waals surface area (Å²) in [4.78, 5) is 11.0. The molecule has 1 aromatic carbocycles. The van der Waals surface area contributed by atoms with Gasteiger partial charge in [-0.05, 0) is 31.0 Å². The van der Waals surface area contributed by atoms with E-state index in [2.05, 4.69) is 15.9 Å². The maximum absolute atomic E-state index is 11.0. The number of allylic oxidation sites excluding steroid dienone is 1. The maximum Gasteiger partial charge on any atom is 0.330 e. The van der Waals surface area contributed by atoms with Crippen LogP contribution in [0.1, 0.15) is 12.5 Å². The van der Waals surface area contributed by atoms with Gasteiger partial charge in [0, 0.05) is 10.5 Å². The van der Waals surface area contributed by atoms with Crippen molar-refractivity contribution in [3.05, 3.63) is 46.5 Å². The average molecular weight is 269 g/mol. The molecule has 0 atom stereocenters. The molecule has 0 aliphatic carbocycles. The van der Waals surface area contributed by atoms with Gasteiger partial charge < -0.3 is 4.74 Å². The fourth-order valence-electron chi connectivity index (χ4n) is 1.15. The van der Waals surface area contributed by atoms with Crippen molar-refractivity contribution in [2.45, 2.75) is 13.3 Å². The van der Waals surface area contributed by atoms with E-state index in [-0.39, 0.29) is 5.97 Å². The lowest BCUT2D eigenvalue weighted by Crippen LogP contribution is -1.99. The van der Waals surface area contributed by atoms with Crippen LogP contribution in [-0.4, -0.2) is 12.6 Å². The monoisotopic (exact) mass is 268 g/mol. The zero-order valence-electron chi connectivity index (χ0n) is 8.57. The minimum Gasteiger partial charge on any atom is -0.463 e. The Morgan fingerprint density at radius 2 is 2.33 bits per heavy atom. The number of esters is 1. The van der Waals surface area contributed by atoms with Crippen LogP contribution in [0.2, 0.25) is 0 Å². The highest BCUT2D eigenvalue weighted by Gasteiger charge is 1.94. The molecule has 0 aliphatic rings. The molecule has 0 spiro atoms. The molecule has 1 aromatic rings. The van der Waals surface area contributed by atoms with Crippen LogP contribution < -0.4 is 0 Å². The predicted octanol–water partition coefficient (Wildman–Crippen LogP) is 3.11. The van der Waals surface area contributed by atoms with E-state index in [1.807, 2.05) is 24.3 Å². The molecule has 0 bridgehead atoms. The van der Waals surface area contributed by atoms with Crippen LogP contribution in [0.5, 0.6) is 0 Å². The third kappa shape index (κ3) is 4.79. The summed E-state index contributed by atoms with van der Waals surface area (Å²) in [5.74, 6) is -0.285. The van der Waals surface area contributed by atoms with Gasteiger partial charge in [-0.2, -0.15) is 0 Å². The molecule has 0 fully saturated rings. The van der Waals surface area contributed by atoms with E-state index < -0.39 is 0 Å². The molecule has 80 valence electrons. The summed E-state index contributed by atoms with van der Waals surface area (Å²) in [6, 6.07) is 7.98. The van der Waals surface area contributed by atoms with Gasteiger partial charge in [-0.3, -0.25) is 0 Å². The van der Waals surface area contributed by atoms with Crippen molar-refractivity contribution < 1.29 is 9.53 Å². The van der Waals surface area contributed by atoms with Gasteiger partial charge in [0.25, 0.3) is 0 Å². The van der Waals surface area contributed by atoms with Gasteiger partial charge in [0.05, 0.1) is 6.61 Å². The second-order valence-corrected chi connectivity index (χ2v) is 3.90. The summed E-state index contributed by atoms with van der Waals surface area (Å²) >= 11 is 3.39. The second-order valence-electron chi connectivity index (χ2n) is 2.99. The molecule has 0 aliphatic heterocycles. The Kier molecular flexibility index (Phi) is 5.12. The molecular weight excluding hydrogens is 256 g/mol. The van der Waals surface area contributed by atoms with Crippen molar-refractivity contribution in [2.75, 3.05) is 6.61 Å². The molecule has 0 amide bonds. The fourth-order valence-corrected chi connectivity index (χ4v) is 1.59. The number of carbonyl (C=O) groups excluding carboxylic acids is 1. The first kappa shape index (κ1) is 12.0. The predicted molar refractivity (Wildman–Crippen MR) is 63.6 cm³/mol. The number of carbonyl (C=O) groups is 1. The van der Waals surface area contributed by atoms with Crippen molar-refractivity contribution in [1.82, 2.24) is 0 Å². The highest BCUT2D eigenvalue weighted by molar-refractivity contribution is 9.10. The van der Waals surface area contributed by atoms with Gasteiger partial charge in [0.2, 0.25) is 0 Å². The Hall–Kier alpha value is -1.09. The number of hydrogen-bond donors (Lipinski definition) is 0. The van der Waals surface area contributed by atoms with Gasteiger partial charge >= 0.3 is 5.97 Å². The minimum absolute atomic E-state index is 0.285. The van der Waals surface area contributed by atoms with Crippen LogP contribution in [0, 0.1) is 0 Å². The molecule has 0 saturated heterocycles. The van der Waals surface area contributed by atoms with Crippen LogP contribution in [0.25, 0.3) is 0 Å². The van der Waals surface area contributed by atoms with E-state index in [1.54, 1.807) is 13.0 Å². The lowest BCUT2D eigenvalue weighted by Gasteiger charge is -1.97. The molecule has 0 radical (unpaired) electrons. The van der Waals surface area contributed by atoms with Gasteiger partial charge in [-0.25, -0.2) is 4.79 Å². The Labute approximate surface area is 98.1 Å². The van der Waals surface area contributed by atoms with Crippen LogP contribution in [0.4, 0.5) is 0 Å².